The Morgan fingerprint density at radius 2 is 2.20 bits per heavy atom. The third-order valence-electron chi connectivity index (χ3n) is 2.59. The number of ether oxygens (including phenoxy) is 1. The molecule has 5 nitrogen and oxygen atoms in total. The lowest BCUT2D eigenvalue weighted by atomic mass is 10.2. The highest BCUT2D eigenvalue weighted by Crippen LogP contribution is 2.12. The maximum absolute atomic E-state index is 12.3. The number of aliphatic carboxylic acids is 1. The Labute approximate surface area is 116 Å². The van der Waals surface area contributed by atoms with Crippen molar-refractivity contribution in [2.45, 2.75) is 25.8 Å². The molecule has 6 heteroatoms. The first-order valence-electron chi connectivity index (χ1n) is 6.30. The molecule has 0 fully saturated rings. The number of aryl methyl sites for hydroxylation is 1. The normalized spacial score (nSPS) is 11.7. The SMILES string of the molecule is Cc1cccc(OCCCC(=O)NC(CF)C(=O)O)c1. The highest BCUT2D eigenvalue weighted by molar-refractivity contribution is 5.83. The van der Waals surface area contributed by atoms with Gasteiger partial charge in [0.25, 0.3) is 0 Å². The van der Waals surface area contributed by atoms with Crippen molar-refractivity contribution in [2.24, 2.45) is 0 Å². The fraction of sp³-hybridized carbons (Fsp3) is 0.429. The molecule has 1 atom stereocenters. The van der Waals surface area contributed by atoms with Crippen LogP contribution in [0.3, 0.4) is 0 Å². The third-order valence-corrected chi connectivity index (χ3v) is 2.59. The molecule has 0 saturated carbocycles. The summed E-state index contributed by atoms with van der Waals surface area (Å²) in [5, 5.41) is 10.7. The van der Waals surface area contributed by atoms with Crippen LogP contribution in [0.15, 0.2) is 24.3 Å². The van der Waals surface area contributed by atoms with Crippen LogP contribution in [0.25, 0.3) is 0 Å². The first-order chi connectivity index (χ1) is 9.52. The summed E-state index contributed by atoms with van der Waals surface area (Å²) in [4.78, 5) is 21.9. The van der Waals surface area contributed by atoms with Gasteiger partial charge in [-0.2, -0.15) is 0 Å². The number of carbonyl (C=O) groups is 2. The number of halogens is 1. The topological polar surface area (TPSA) is 75.6 Å². The zero-order chi connectivity index (χ0) is 15.0. The minimum atomic E-state index is -1.47. The molecule has 1 rings (SSSR count). The molecule has 2 N–H and O–H groups in total. The van der Waals surface area contributed by atoms with Crippen molar-refractivity contribution < 1.29 is 23.8 Å². The van der Waals surface area contributed by atoms with Gasteiger partial charge in [0.15, 0.2) is 6.04 Å². The van der Waals surface area contributed by atoms with Crippen molar-refractivity contribution in [3.05, 3.63) is 29.8 Å². The van der Waals surface area contributed by atoms with Crippen molar-refractivity contribution in [1.82, 2.24) is 5.32 Å². The van der Waals surface area contributed by atoms with E-state index in [1.807, 2.05) is 31.2 Å². The van der Waals surface area contributed by atoms with Gasteiger partial charge in [-0.15, -0.1) is 0 Å². The maximum Gasteiger partial charge on any atom is 0.328 e. The lowest BCUT2D eigenvalue weighted by molar-refractivity contribution is -0.142. The monoisotopic (exact) mass is 283 g/mol. The van der Waals surface area contributed by atoms with Crippen LogP contribution < -0.4 is 10.1 Å². The fourth-order valence-electron chi connectivity index (χ4n) is 1.56. The summed E-state index contributed by atoms with van der Waals surface area (Å²) >= 11 is 0. The van der Waals surface area contributed by atoms with E-state index < -0.39 is 24.6 Å². The Balaban J connectivity index is 2.24. The number of carbonyl (C=O) groups excluding carboxylic acids is 1. The zero-order valence-electron chi connectivity index (χ0n) is 11.3. The summed E-state index contributed by atoms with van der Waals surface area (Å²) in [5.74, 6) is -1.16. The van der Waals surface area contributed by atoms with Crippen LogP contribution in [-0.4, -0.2) is 36.3 Å². The van der Waals surface area contributed by atoms with Gasteiger partial charge in [-0.05, 0) is 31.0 Å². The lowest BCUT2D eigenvalue weighted by Gasteiger charge is -2.11. The Morgan fingerprint density at radius 1 is 1.45 bits per heavy atom. The van der Waals surface area contributed by atoms with Crippen LogP contribution in [0.1, 0.15) is 18.4 Å². The van der Waals surface area contributed by atoms with Gasteiger partial charge in [-0.3, -0.25) is 4.79 Å². The molecule has 1 aromatic carbocycles. The summed E-state index contributed by atoms with van der Waals surface area (Å²) in [5.41, 5.74) is 1.08. The van der Waals surface area contributed by atoms with Crippen LogP contribution >= 0.6 is 0 Å². The molecular formula is C14H18FNO4. The molecule has 0 saturated heterocycles. The number of alkyl halides is 1. The highest BCUT2D eigenvalue weighted by atomic mass is 19.1. The zero-order valence-corrected chi connectivity index (χ0v) is 11.3. The number of carboxylic acids is 1. The fourth-order valence-corrected chi connectivity index (χ4v) is 1.56. The number of carboxylic acid groups (broad SMARTS) is 1. The first kappa shape index (κ1) is 15.9. The van der Waals surface area contributed by atoms with Crippen molar-refractivity contribution in [3.8, 4) is 5.75 Å². The molecule has 1 amide bonds. The summed E-state index contributed by atoms with van der Waals surface area (Å²) in [6.45, 7) is 1.16. The van der Waals surface area contributed by atoms with Crippen molar-refractivity contribution in [3.63, 3.8) is 0 Å². The Kier molecular flexibility index (Phi) is 6.49. The van der Waals surface area contributed by atoms with Gasteiger partial charge >= 0.3 is 5.97 Å². The molecule has 0 heterocycles. The van der Waals surface area contributed by atoms with E-state index in [4.69, 9.17) is 9.84 Å². The predicted octanol–water partition coefficient (Wildman–Crippen LogP) is 1.69. The van der Waals surface area contributed by atoms with E-state index >= 15 is 0 Å². The van der Waals surface area contributed by atoms with E-state index in [0.29, 0.717) is 13.0 Å². The third kappa shape index (κ3) is 5.69. The molecule has 1 unspecified atom stereocenters. The van der Waals surface area contributed by atoms with E-state index in [-0.39, 0.29) is 6.42 Å². The first-order valence-corrected chi connectivity index (χ1v) is 6.30. The molecular weight excluding hydrogens is 265 g/mol. The van der Waals surface area contributed by atoms with E-state index in [0.717, 1.165) is 11.3 Å². The number of hydrogen-bond donors (Lipinski definition) is 2. The quantitative estimate of drug-likeness (QED) is 0.712. The van der Waals surface area contributed by atoms with Crippen LogP contribution in [0, 0.1) is 6.92 Å². The molecule has 0 spiro atoms. The molecule has 0 aromatic heterocycles. The van der Waals surface area contributed by atoms with E-state index in [9.17, 15) is 14.0 Å². The van der Waals surface area contributed by atoms with Crippen molar-refractivity contribution in [1.29, 1.82) is 0 Å². The Hall–Kier alpha value is -2.11. The molecule has 0 aliphatic carbocycles. The Bertz CT molecular complexity index is 464. The Morgan fingerprint density at radius 3 is 2.80 bits per heavy atom. The minimum absolute atomic E-state index is 0.0929. The van der Waals surface area contributed by atoms with Crippen molar-refractivity contribution >= 4 is 11.9 Å². The summed E-state index contributed by atoms with van der Waals surface area (Å²) in [7, 11) is 0. The number of amides is 1. The molecule has 20 heavy (non-hydrogen) atoms. The smallest absolute Gasteiger partial charge is 0.328 e. The number of benzene rings is 1. The average Bonchev–Trinajstić information content (AvgIpc) is 2.40. The van der Waals surface area contributed by atoms with Gasteiger partial charge in [-0.1, -0.05) is 12.1 Å². The van der Waals surface area contributed by atoms with E-state index in [1.54, 1.807) is 0 Å². The van der Waals surface area contributed by atoms with Gasteiger partial charge in [0.05, 0.1) is 6.61 Å². The molecule has 0 radical (unpaired) electrons. The molecule has 0 aliphatic rings. The van der Waals surface area contributed by atoms with Crippen molar-refractivity contribution in [2.75, 3.05) is 13.3 Å². The minimum Gasteiger partial charge on any atom is -0.494 e. The van der Waals surface area contributed by atoms with Gasteiger partial charge in [0, 0.05) is 6.42 Å². The molecule has 0 bridgehead atoms. The van der Waals surface area contributed by atoms with Gasteiger partial charge in [0.2, 0.25) is 5.91 Å². The standard InChI is InChI=1S/C14H18FNO4/c1-10-4-2-5-11(8-10)20-7-3-6-13(17)16-12(9-15)14(18)19/h2,4-5,8,12H,3,6-7,9H2,1H3,(H,16,17)(H,18,19). The van der Waals surface area contributed by atoms with E-state index in [2.05, 4.69) is 5.32 Å². The second-order valence-corrected chi connectivity index (χ2v) is 4.38. The number of rotatable bonds is 8. The van der Waals surface area contributed by atoms with E-state index in [1.165, 1.54) is 0 Å². The van der Waals surface area contributed by atoms with Gasteiger partial charge in [-0.25, -0.2) is 9.18 Å². The van der Waals surface area contributed by atoms with Crippen LogP contribution in [0.5, 0.6) is 5.75 Å². The molecule has 110 valence electrons. The van der Waals surface area contributed by atoms with Gasteiger partial charge < -0.3 is 15.2 Å². The summed E-state index contributed by atoms with van der Waals surface area (Å²) < 4.78 is 17.7. The lowest BCUT2D eigenvalue weighted by Crippen LogP contribution is -2.42. The second kappa shape index (κ2) is 8.14. The molecule has 1 aromatic rings. The van der Waals surface area contributed by atoms with Gasteiger partial charge in [0.1, 0.15) is 12.4 Å². The average molecular weight is 283 g/mol. The van der Waals surface area contributed by atoms with Crippen LogP contribution in [0.2, 0.25) is 0 Å². The maximum atomic E-state index is 12.3. The van der Waals surface area contributed by atoms with Crippen LogP contribution in [0.4, 0.5) is 4.39 Å². The second-order valence-electron chi connectivity index (χ2n) is 4.38. The summed E-state index contributed by atoms with van der Waals surface area (Å²) in [6, 6.07) is 6.04. The number of hydrogen-bond acceptors (Lipinski definition) is 3. The van der Waals surface area contributed by atoms with Crippen LogP contribution in [-0.2, 0) is 9.59 Å². The largest absolute Gasteiger partial charge is 0.494 e. The summed E-state index contributed by atoms with van der Waals surface area (Å²) in [6.07, 6.45) is 0.522. The number of nitrogens with one attached hydrogen (secondary N) is 1. The molecule has 0 aliphatic heterocycles. The predicted molar refractivity (Wildman–Crippen MR) is 71.4 cm³/mol. The highest BCUT2D eigenvalue weighted by Gasteiger charge is 2.18.